The summed E-state index contributed by atoms with van der Waals surface area (Å²) in [4.78, 5) is 25.4. The van der Waals surface area contributed by atoms with Gasteiger partial charge in [-0.1, -0.05) is 41.9 Å². The molecule has 2 aromatic rings. The Kier molecular flexibility index (Phi) is 4.62. The summed E-state index contributed by atoms with van der Waals surface area (Å²) in [6.45, 7) is 2.46. The molecule has 0 aromatic heterocycles. The highest BCUT2D eigenvalue weighted by molar-refractivity contribution is 6.35. The maximum atomic E-state index is 12.6. The molecule has 0 aliphatic carbocycles. The number of hydrogen-bond donors (Lipinski definition) is 2. The van der Waals surface area contributed by atoms with Crippen LogP contribution in [0.3, 0.4) is 0 Å². The number of urea groups is 1. The topological polar surface area (TPSA) is 75.4 Å². The molecule has 126 valence electrons. The number of nitrogens with one attached hydrogen (secondary N) is 1. The van der Waals surface area contributed by atoms with Crippen LogP contribution >= 0.6 is 11.6 Å². The second-order valence-corrected chi connectivity index (χ2v) is 6.51. The van der Waals surface area contributed by atoms with Gasteiger partial charge in [0.1, 0.15) is 6.04 Å². The fraction of sp³-hybridized carbons (Fsp3) is 0.333. The Morgan fingerprint density at radius 3 is 2.67 bits per heavy atom. The van der Waals surface area contributed by atoms with Crippen LogP contribution in [0.4, 0.5) is 4.79 Å². The Morgan fingerprint density at radius 2 is 1.96 bits per heavy atom. The van der Waals surface area contributed by atoms with E-state index < -0.39 is 12.1 Å². The molecule has 0 spiro atoms. The van der Waals surface area contributed by atoms with E-state index in [9.17, 15) is 9.59 Å². The van der Waals surface area contributed by atoms with Gasteiger partial charge in [-0.2, -0.15) is 0 Å². The first-order valence-electron chi connectivity index (χ1n) is 8.02. The summed E-state index contributed by atoms with van der Waals surface area (Å²) >= 11 is 6.25. The van der Waals surface area contributed by atoms with Crippen molar-refractivity contribution in [3.05, 3.63) is 47.0 Å². The van der Waals surface area contributed by atoms with E-state index in [-0.39, 0.29) is 11.9 Å². The smallest absolute Gasteiger partial charge is 0.315 e. The molecule has 1 saturated heterocycles. The van der Waals surface area contributed by atoms with E-state index in [0.29, 0.717) is 18.0 Å². The Bertz CT molecular complexity index is 793. The number of halogens is 1. The van der Waals surface area contributed by atoms with Crippen molar-refractivity contribution in [1.82, 2.24) is 10.2 Å². The molecule has 5 nitrogen and oxygen atoms in total. The number of likely N-dealkylation sites (tertiary alicyclic amines) is 1. The first-order valence-corrected chi connectivity index (χ1v) is 8.40. The molecule has 1 aliphatic rings. The molecule has 2 aromatic carbocycles. The van der Waals surface area contributed by atoms with E-state index in [1.807, 2.05) is 43.3 Å². The van der Waals surface area contributed by atoms with Crippen molar-refractivity contribution in [2.24, 2.45) is 5.73 Å². The molecule has 0 radical (unpaired) electrons. The summed E-state index contributed by atoms with van der Waals surface area (Å²) in [6, 6.07) is 10.4. The maximum absolute atomic E-state index is 12.6. The van der Waals surface area contributed by atoms with Crippen LogP contribution in [0, 0.1) is 0 Å². The summed E-state index contributed by atoms with van der Waals surface area (Å²) in [5, 5.41) is 5.65. The van der Waals surface area contributed by atoms with Gasteiger partial charge in [-0.15, -0.1) is 0 Å². The van der Waals surface area contributed by atoms with Crippen LogP contribution in [0.5, 0.6) is 0 Å². The molecule has 3 amide bonds. The van der Waals surface area contributed by atoms with Crippen LogP contribution in [-0.2, 0) is 4.79 Å². The van der Waals surface area contributed by atoms with E-state index >= 15 is 0 Å². The zero-order chi connectivity index (χ0) is 17.3. The average molecular weight is 346 g/mol. The second kappa shape index (κ2) is 6.69. The predicted octanol–water partition coefficient (Wildman–Crippen LogP) is 3.21. The van der Waals surface area contributed by atoms with Gasteiger partial charge in [0.05, 0.1) is 6.04 Å². The summed E-state index contributed by atoms with van der Waals surface area (Å²) in [6.07, 6.45) is 1.43. The lowest BCUT2D eigenvalue weighted by Gasteiger charge is -2.24. The minimum atomic E-state index is -0.544. The first kappa shape index (κ1) is 16.6. The highest BCUT2D eigenvalue weighted by Gasteiger charge is 2.33. The fourth-order valence-corrected chi connectivity index (χ4v) is 3.58. The van der Waals surface area contributed by atoms with Crippen molar-refractivity contribution in [2.75, 3.05) is 6.54 Å². The number of nitrogens with zero attached hydrogens (tertiary/aromatic N) is 1. The van der Waals surface area contributed by atoms with E-state index in [1.54, 1.807) is 0 Å². The molecule has 0 bridgehead atoms. The number of benzene rings is 2. The van der Waals surface area contributed by atoms with E-state index in [4.69, 9.17) is 17.3 Å². The van der Waals surface area contributed by atoms with Crippen LogP contribution in [0.25, 0.3) is 10.8 Å². The lowest BCUT2D eigenvalue weighted by molar-refractivity contribution is -0.125. The number of nitrogens with two attached hydrogens (primary N) is 1. The van der Waals surface area contributed by atoms with Crippen molar-refractivity contribution < 1.29 is 9.59 Å². The summed E-state index contributed by atoms with van der Waals surface area (Å²) in [5.74, 6) is -0.169. The number of primary amides is 1. The van der Waals surface area contributed by atoms with Crippen LogP contribution in [-0.4, -0.2) is 29.4 Å². The Hall–Kier alpha value is -2.27. The van der Waals surface area contributed by atoms with Crippen LogP contribution < -0.4 is 11.1 Å². The molecule has 2 atom stereocenters. The van der Waals surface area contributed by atoms with Crippen molar-refractivity contribution in [2.45, 2.75) is 31.8 Å². The Morgan fingerprint density at radius 1 is 1.25 bits per heavy atom. The number of carbonyl (C=O) groups excluding carboxylic acids is 2. The lowest BCUT2D eigenvalue weighted by atomic mass is 9.99. The van der Waals surface area contributed by atoms with Gasteiger partial charge in [-0.25, -0.2) is 4.79 Å². The largest absolute Gasteiger partial charge is 0.351 e. The van der Waals surface area contributed by atoms with Crippen LogP contribution in [0.15, 0.2) is 36.4 Å². The molecule has 3 rings (SSSR count). The van der Waals surface area contributed by atoms with Gasteiger partial charge >= 0.3 is 6.03 Å². The Balaban J connectivity index is 1.83. The lowest BCUT2D eigenvalue weighted by Crippen LogP contribution is -2.48. The van der Waals surface area contributed by atoms with Crippen LogP contribution in [0.2, 0.25) is 5.02 Å². The number of carbonyl (C=O) groups is 2. The zero-order valence-corrected chi connectivity index (χ0v) is 14.2. The zero-order valence-electron chi connectivity index (χ0n) is 13.5. The number of hydrogen-bond acceptors (Lipinski definition) is 2. The quantitative estimate of drug-likeness (QED) is 0.896. The summed E-state index contributed by atoms with van der Waals surface area (Å²) in [5.41, 5.74) is 6.34. The average Bonchev–Trinajstić information content (AvgIpc) is 3.05. The molecular formula is C18H20ClN3O2. The molecule has 0 saturated carbocycles. The highest BCUT2D eigenvalue weighted by atomic mass is 35.5. The van der Waals surface area contributed by atoms with Gasteiger partial charge in [-0.3, -0.25) is 4.79 Å². The van der Waals surface area contributed by atoms with Gasteiger partial charge in [0, 0.05) is 17.0 Å². The maximum Gasteiger partial charge on any atom is 0.315 e. The Labute approximate surface area is 145 Å². The highest BCUT2D eigenvalue weighted by Crippen LogP contribution is 2.30. The number of rotatable bonds is 3. The third-order valence-corrected chi connectivity index (χ3v) is 4.90. The molecule has 6 heteroatoms. The fourth-order valence-electron chi connectivity index (χ4n) is 3.35. The number of amides is 3. The van der Waals surface area contributed by atoms with E-state index in [2.05, 4.69) is 5.32 Å². The van der Waals surface area contributed by atoms with Crippen molar-refractivity contribution in [3.63, 3.8) is 0 Å². The normalized spacial score (nSPS) is 18.6. The van der Waals surface area contributed by atoms with E-state index in [1.165, 1.54) is 4.90 Å². The molecule has 1 fully saturated rings. The van der Waals surface area contributed by atoms with Gasteiger partial charge in [0.2, 0.25) is 5.91 Å². The number of fused-ring (bicyclic) bond motifs is 1. The second-order valence-electron chi connectivity index (χ2n) is 6.10. The molecule has 1 aliphatic heterocycles. The SMILES string of the molecule is CC(NC(=O)[C@@H]1CCCN1C(N)=O)c1ccc(Cl)c2ccccc12. The standard InChI is InChI=1S/C18H20ClN3O2/c1-11(21-17(23)16-7-4-10-22(16)18(20)24)12-8-9-15(19)14-6-3-2-5-13(12)14/h2-3,5-6,8-9,11,16H,4,7,10H2,1H3,(H2,20,24)(H,21,23)/t11?,16-/m0/s1. The first-order chi connectivity index (χ1) is 11.5. The van der Waals surface area contributed by atoms with Gasteiger partial charge < -0.3 is 16.0 Å². The molecular weight excluding hydrogens is 326 g/mol. The molecule has 1 unspecified atom stereocenters. The van der Waals surface area contributed by atoms with Crippen LogP contribution in [0.1, 0.15) is 31.4 Å². The molecule has 3 N–H and O–H groups in total. The monoisotopic (exact) mass is 345 g/mol. The van der Waals surface area contributed by atoms with Gasteiger partial charge in [0.15, 0.2) is 0 Å². The minimum Gasteiger partial charge on any atom is -0.351 e. The summed E-state index contributed by atoms with van der Waals surface area (Å²) < 4.78 is 0. The van der Waals surface area contributed by atoms with Gasteiger partial charge in [-0.05, 0) is 36.8 Å². The van der Waals surface area contributed by atoms with E-state index in [0.717, 1.165) is 22.8 Å². The molecule has 24 heavy (non-hydrogen) atoms. The molecule has 1 heterocycles. The van der Waals surface area contributed by atoms with Crippen molar-refractivity contribution >= 4 is 34.3 Å². The third-order valence-electron chi connectivity index (χ3n) is 4.57. The minimum absolute atomic E-state index is 0.169. The summed E-state index contributed by atoms with van der Waals surface area (Å²) in [7, 11) is 0. The predicted molar refractivity (Wildman–Crippen MR) is 94.8 cm³/mol. The third kappa shape index (κ3) is 3.04. The van der Waals surface area contributed by atoms with Crippen molar-refractivity contribution in [3.8, 4) is 0 Å². The van der Waals surface area contributed by atoms with Gasteiger partial charge in [0.25, 0.3) is 0 Å². The van der Waals surface area contributed by atoms with Crippen molar-refractivity contribution in [1.29, 1.82) is 0 Å².